The fourth-order valence-corrected chi connectivity index (χ4v) is 2.53. The summed E-state index contributed by atoms with van der Waals surface area (Å²) in [6.45, 7) is 0.581. The monoisotopic (exact) mass is 287 g/mol. The molecular formula is C14H16F3NO2. The van der Waals surface area contributed by atoms with Crippen LogP contribution >= 0.6 is 0 Å². The molecule has 2 rings (SSSR count). The third-order valence-electron chi connectivity index (χ3n) is 3.62. The van der Waals surface area contributed by atoms with Crippen molar-refractivity contribution in [3.8, 4) is 0 Å². The molecule has 0 aromatic heterocycles. The number of nitrogens with one attached hydrogen (secondary N) is 1. The lowest BCUT2D eigenvalue weighted by molar-refractivity contribution is -0.138. The highest BCUT2D eigenvalue weighted by Gasteiger charge is 2.30. The second-order valence-corrected chi connectivity index (χ2v) is 5.12. The van der Waals surface area contributed by atoms with Crippen LogP contribution in [0.15, 0.2) is 24.3 Å². The SMILES string of the molecule is O=C(O)CC1CCC(c2ccc(C(F)(F)F)cc2)NC1. The number of hydrogen-bond donors (Lipinski definition) is 2. The van der Waals surface area contributed by atoms with Crippen molar-refractivity contribution in [1.29, 1.82) is 0 Å². The van der Waals surface area contributed by atoms with Gasteiger partial charge in [-0.05, 0) is 43.0 Å². The van der Waals surface area contributed by atoms with Crippen LogP contribution in [0.3, 0.4) is 0 Å². The number of aliphatic carboxylic acids is 1. The Labute approximate surface area is 114 Å². The van der Waals surface area contributed by atoms with Crippen LogP contribution in [0.25, 0.3) is 0 Å². The second kappa shape index (κ2) is 5.83. The Balaban J connectivity index is 1.95. The first-order valence-electron chi connectivity index (χ1n) is 6.48. The summed E-state index contributed by atoms with van der Waals surface area (Å²) in [4.78, 5) is 10.6. The minimum absolute atomic E-state index is 0.00216. The zero-order chi connectivity index (χ0) is 14.8. The molecule has 1 aromatic rings. The van der Waals surface area contributed by atoms with Crippen LogP contribution < -0.4 is 5.32 Å². The molecule has 3 nitrogen and oxygen atoms in total. The first kappa shape index (κ1) is 14.8. The Kier molecular flexibility index (Phi) is 4.32. The summed E-state index contributed by atoms with van der Waals surface area (Å²) in [5.74, 6) is -0.719. The molecule has 0 saturated carbocycles. The lowest BCUT2D eigenvalue weighted by atomic mass is 9.89. The van der Waals surface area contributed by atoms with Gasteiger partial charge in [-0.3, -0.25) is 4.79 Å². The van der Waals surface area contributed by atoms with E-state index in [2.05, 4.69) is 5.32 Å². The molecule has 1 heterocycles. The average molecular weight is 287 g/mol. The van der Waals surface area contributed by atoms with Gasteiger partial charge in [-0.25, -0.2) is 0 Å². The van der Waals surface area contributed by atoms with E-state index in [-0.39, 0.29) is 18.4 Å². The van der Waals surface area contributed by atoms with Crippen molar-refractivity contribution in [2.75, 3.05) is 6.54 Å². The highest BCUT2D eigenvalue weighted by molar-refractivity contribution is 5.67. The van der Waals surface area contributed by atoms with Gasteiger partial charge in [0, 0.05) is 12.5 Å². The quantitative estimate of drug-likeness (QED) is 0.897. The Morgan fingerprint density at radius 3 is 2.35 bits per heavy atom. The van der Waals surface area contributed by atoms with Gasteiger partial charge in [0.25, 0.3) is 0 Å². The molecule has 0 spiro atoms. The van der Waals surface area contributed by atoms with Crippen molar-refractivity contribution < 1.29 is 23.1 Å². The molecule has 20 heavy (non-hydrogen) atoms. The number of carbonyl (C=O) groups is 1. The molecule has 0 bridgehead atoms. The molecule has 1 aromatic carbocycles. The van der Waals surface area contributed by atoms with Gasteiger partial charge in [-0.1, -0.05) is 12.1 Å². The lowest BCUT2D eigenvalue weighted by Crippen LogP contribution is -2.34. The summed E-state index contributed by atoms with van der Waals surface area (Å²) in [5.41, 5.74) is 0.160. The number of piperidine rings is 1. The van der Waals surface area contributed by atoms with Gasteiger partial charge >= 0.3 is 12.1 Å². The fraction of sp³-hybridized carbons (Fsp3) is 0.500. The normalized spacial score (nSPS) is 23.6. The van der Waals surface area contributed by atoms with Gasteiger partial charge in [0.1, 0.15) is 0 Å². The molecule has 2 atom stereocenters. The fourth-order valence-electron chi connectivity index (χ4n) is 2.53. The van der Waals surface area contributed by atoms with Gasteiger partial charge in [0.2, 0.25) is 0 Å². The van der Waals surface area contributed by atoms with Gasteiger partial charge in [0.05, 0.1) is 5.56 Å². The van der Waals surface area contributed by atoms with E-state index >= 15 is 0 Å². The average Bonchev–Trinajstić information content (AvgIpc) is 2.38. The minimum Gasteiger partial charge on any atom is -0.481 e. The number of carboxylic acids is 1. The van der Waals surface area contributed by atoms with Crippen molar-refractivity contribution in [1.82, 2.24) is 5.32 Å². The van der Waals surface area contributed by atoms with Gasteiger partial charge in [-0.2, -0.15) is 13.2 Å². The third kappa shape index (κ3) is 3.72. The smallest absolute Gasteiger partial charge is 0.416 e. The van der Waals surface area contributed by atoms with Crippen LogP contribution in [0.2, 0.25) is 0 Å². The molecule has 2 N–H and O–H groups in total. The molecule has 1 fully saturated rings. The molecule has 0 radical (unpaired) electrons. The Morgan fingerprint density at radius 2 is 1.90 bits per heavy atom. The van der Waals surface area contributed by atoms with E-state index in [1.54, 1.807) is 0 Å². The van der Waals surface area contributed by atoms with Crippen LogP contribution in [0.5, 0.6) is 0 Å². The van der Waals surface area contributed by atoms with Crippen molar-refractivity contribution in [2.45, 2.75) is 31.5 Å². The van der Waals surface area contributed by atoms with Gasteiger partial charge in [0.15, 0.2) is 0 Å². The number of rotatable bonds is 3. The topological polar surface area (TPSA) is 49.3 Å². The molecule has 110 valence electrons. The van der Waals surface area contributed by atoms with E-state index in [9.17, 15) is 18.0 Å². The van der Waals surface area contributed by atoms with Crippen LogP contribution in [0.1, 0.15) is 36.4 Å². The van der Waals surface area contributed by atoms with E-state index in [0.717, 1.165) is 30.5 Å². The number of benzene rings is 1. The zero-order valence-electron chi connectivity index (χ0n) is 10.8. The third-order valence-corrected chi connectivity index (χ3v) is 3.62. The summed E-state index contributed by atoms with van der Waals surface area (Å²) in [5, 5.41) is 11.9. The van der Waals surface area contributed by atoms with Gasteiger partial charge < -0.3 is 10.4 Å². The molecule has 1 aliphatic heterocycles. The van der Waals surface area contributed by atoms with E-state index < -0.39 is 17.7 Å². The zero-order valence-corrected chi connectivity index (χ0v) is 10.8. The summed E-state index contributed by atoms with van der Waals surface area (Å²) in [7, 11) is 0. The largest absolute Gasteiger partial charge is 0.481 e. The predicted octanol–water partition coefficient (Wildman–Crippen LogP) is 3.22. The number of carboxylic acid groups (broad SMARTS) is 1. The molecule has 2 unspecified atom stereocenters. The summed E-state index contributed by atoms with van der Waals surface area (Å²) < 4.78 is 37.4. The second-order valence-electron chi connectivity index (χ2n) is 5.12. The Hall–Kier alpha value is -1.56. The molecule has 0 amide bonds. The Bertz CT molecular complexity index is 462. The van der Waals surface area contributed by atoms with E-state index in [4.69, 9.17) is 5.11 Å². The molecular weight excluding hydrogens is 271 g/mol. The number of alkyl halides is 3. The van der Waals surface area contributed by atoms with Crippen molar-refractivity contribution >= 4 is 5.97 Å². The van der Waals surface area contributed by atoms with Gasteiger partial charge in [-0.15, -0.1) is 0 Å². The summed E-state index contributed by atoms with van der Waals surface area (Å²) in [6.07, 6.45) is -2.67. The first-order valence-corrected chi connectivity index (χ1v) is 6.48. The maximum Gasteiger partial charge on any atom is 0.416 e. The standard InChI is InChI=1S/C14H16F3NO2/c15-14(16,17)11-4-2-10(3-5-11)12-6-1-9(8-18-12)7-13(19)20/h2-5,9,12,18H,1,6-8H2,(H,19,20). The minimum atomic E-state index is -4.31. The lowest BCUT2D eigenvalue weighted by Gasteiger charge is -2.29. The first-order chi connectivity index (χ1) is 9.36. The molecule has 0 aliphatic carbocycles. The summed E-state index contributed by atoms with van der Waals surface area (Å²) >= 11 is 0. The molecule has 6 heteroatoms. The maximum atomic E-state index is 12.5. The van der Waals surface area contributed by atoms with Crippen molar-refractivity contribution in [2.24, 2.45) is 5.92 Å². The van der Waals surface area contributed by atoms with Crippen molar-refractivity contribution in [3.63, 3.8) is 0 Å². The Morgan fingerprint density at radius 1 is 1.25 bits per heavy atom. The highest BCUT2D eigenvalue weighted by atomic mass is 19.4. The summed E-state index contributed by atoms with van der Waals surface area (Å²) in [6, 6.07) is 5.14. The van der Waals surface area contributed by atoms with Crippen LogP contribution in [-0.2, 0) is 11.0 Å². The highest BCUT2D eigenvalue weighted by Crippen LogP contribution is 2.32. The number of hydrogen-bond acceptors (Lipinski definition) is 2. The number of halogens is 3. The van der Waals surface area contributed by atoms with Crippen LogP contribution in [-0.4, -0.2) is 17.6 Å². The maximum absolute atomic E-state index is 12.5. The van der Waals surface area contributed by atoms with E-state index in [1.165, 1.54) is 12.1 Å². The van der Waals surface area contributed by atoms with E-state index in [1.807, 2.05) is 0 Å². The molecule has 1 aliphatic rings. The van der Waals surface area contributed by atoms with Crippen LogP contribution in [0.4, 0.5) is 13.2 Å². The van der Waals surface area contributed by atoms with E-state index in [0.29, 0.717) is 6.54 Å². The van der Waals surface area contributed by atoms with Crippen molar-refractivity contribution in [3.05, 3.63) is 35.4 Å². The predicted molar refractivity (Wildman–Crippen MR) is 67.2 cm³/mol. The van der Waals surface area contributed by atoms with Crippen LogP contribution in [0, 0.1) is 5.92 Å². The molecule has 1 saturated heterocycles.